The highest BCUT2D eigenvalue weighted by Crippen LogP contribution is 2.34. The van der Waals surface area contributed by atoms with E-state index >= 15 is 0 Å². The summed E-state index contributed by atoms with van der Waals surface area (Å²) in [7, 11) is 0. The summed E-state index contributed by atoms with van der Waals surface area (Å²) in [5.41, 5.74) is 0.232. The Morgan fingerprint density at radius 1 is 1.29 bits per heavy atom. The molecule has 21 heavy (non-hydrogen) atoms. The van der Waals surface area contributed by atoms with E-state index < -0.39 is 29.9 Å². The van der Waals surface area contributed by atoms with Gasteiger partial charge >= 0.3 is 17.9 Å². The van der Waals surface area contributed by atoms with E-state index in [4.69, 9.17) is 0 Å². The van der Waals surface area contributed by atoms with Crippen LogP contribution in [0.1, 0.15) is 10.4 Å². The molecule has 8 heteroatoms. The van der Waals surface area contributed by atoms with E-state index in [-0.39, 0.29) is 11.6 Å². The lowest BCUT2D eigenvalue weighted by atomic mass is 10.1. The van der Waals surface area contributed by atoms with E-state index in [0.29, 0.717) is 0 Å². The quantitative estimate of drug-likeness (QED) is 0.634. The van der Waals surface area contributed by atoms with E-state index in [2.05, 4.69) is 10.1 Å². The molecular formula is C13H10F3NO4. The van der Waals surface area contributed by atoms with Crippen LogP contribution in [-0.2, 0) is 9.53 Å². The lowest BCUT2D eigenvalue weighted by Gasteiger charge is -2.31. The predicted octanol–water partition coefficient (Wildman–Crippen LogP) is 1.15. The minimum atomic E-state index is -5.16. The van der Waals surface area contributed by atoms with Crippen molar-refractivity contribution < 1.29 is 32.6 Å². The number of aliphatic hydroxyl groups is 1. The Morgan fingerprint density at radius 2 is 1.90 bits per heavy atom. The molecule has 0 aromatic heterocycles. The van der Waals surface area contributed by atoms with Gasteiger partial charge in [-0.05, 0) is 24.3 Å². The topological polar surface area (TPSA) is 75.6 Å². The maximum atomic E-state index is 12.5. The molecule has 0 unspecified atom stereocenters. The van der Waals surface area contributed by atoms with Crippen LogP contribution in [0.3, 0.4) is 0 Å². The number of esters is 1. The Hall–Kier alpha value is -2.35. The molecule has 1 aromatic carbocycles. The Bertz CT molecular complexity index is 585. The van der Waals surface area contributed by atoms with Crippen LogP contribution in [-0.4, -0.2) is 35.0 Å². The monoisotopic (exact) mass is 301 g/mol. The lowest BCUT2D eigenvalue weighted by Crippen LogP contribution is -2.54. The first kappa shape index (κ1) is 15.0. The molecule has 112 valence electrons. The summed E-state index contributed by atoms with van der Waals surface area (Å²) in [6.07, 6.45) is -4.14. The normalized spacial score (nSPS) is 25.3. The summed E-state index contributed by atoms with van der Waals surface area (Å²) in [6, 6.07) is 6.40. The maximum Gasteiger partial charge on any atom is 0.459 e. The van der Waals surface area contributed by atoms with Gasteiger partial charge in [-0.2, -0.15) is 13.2 Å². The van der Waals surface area contributed by atoms with E-state index in [9.17, 15) is 27.9 Å². The van der Waals surface area contributed by atoms with Gasteiger partial charge in [-0.1, -0.05) is 18.2 Å². The van der Waals surface area contributed by atoms with Crippen molar-refractivity contribution in [1.29, 1.82) is 0 Å². The predicted molar refractivity (Wildman–Crippen MR) is 63.9 cm³/mol. The maximum absolute atomic E-state index is 12.5. The van der Waals surface area contributed by atoms with Crippen molar-refractivity contribution in [1.82, 2.24) is 5.32 Å². The SMILES string of the molecule is O=C(N[C@@H]1C=C[C@@](O)(C(F)(F)F)OC1=O)c1ccccc1. The van der Waals surface area contributed by atoms with Crippen LogP contribution < -0.4 is 5.32 Å². The molecule has 0 aliphatic carbocycles. The van der Waals surface area contributed by atoms with Gasteiger partial charge in [0, 0.05) is 5.56 Å². The number of benzene rings is 1. The van der Waals surface area contributed by atoms with Crippen molar-refractivity contribution in [2.45, 2.75) is 18.0 Å². The van der Waals surface area contributed by atoms with Crippen LogP contribution in [0.25, 0.3) is 0 Å². The van der Waals surface area contributed by atoms with Gasteiger partial charge in [0.1, 0.15) is 6.04 Å². The van der Waals surface area contributed by atoms with E-state index in [1.807, 2.05) is 0 Å². The van der Waals surface area contributed by atoms with Crippen molar-refractivity contribution >= 4 is 11.9 Å². The molecule has 0 saturated heterocycles. The minimum Gasteiger partial charge on any atom is -0.418 e. The zero-order valence-electron chi connectivity index (χ0n) is 10.4. The second-order valence-corrected chi connectivity index (χ2v) is 4.29. The fourth-order valence-corrected chi connectivity index (χ4v) is 1.63. The van der Waals surface area contributed by atoms with Gasteiger partial charge in [0.05, 0.1) is 0 Å². The molecule has 1 heterocycles. The molecule has 2 rings (SSSR count). The summed E-state index contributed by atoms with van der Waals surface area (Å²) in [6.45, 7) is 0. The lowest BCUT2D eigenvalue weighted by molar-refractivity contribution is -0.330. The Kier molecular flexibility index (Phi) is 3.73. The summed E-state index contributed by atoms with van der Waals surface area (Å²) in [4.78, 5) is 23.3. The van der Waals surface area contributed by atoms with Gasteiger partial charge in [-0.15, -0.1) is 0 Å². The molecular weight excluding hydrogens is 291 g/mol. The third kappa shape index (κ3) is 3.05. The number of nitrogens with one attached hydrogen (secondary N) is 1. The van der Waals surface area contributed by atoms with Crippen molar-refractivity contribution in [3.05, 3.63) is 48.0 Å². The number of ether oxygens (including phenoxy) is 1. The van der Waals surface area contributed by atoms with Gasteiger partial charge < -0.3 is 15.2 Å². The largest absolute Gasteiger partial charge is 0.459 e. The molecule has 0 spiro atoms. The van der Waals surface area contributed by atoms with Crippen molar-refractivity contribution in [3.63, 3.8) is 0 Å². The van der Waals surface area contributed by atoms with Crippen molar-refractivity contribution in [2.24, 2.45) is 0 Å². The molecule has 1 aromatic rings. The molecule has 0 bridgehead atoms. The molecule has 5 nitrogen and oxygen atoms in total. The average Bonchev–Trinajstić information content (AvgIpc) is 2.42. The number of hydrogen-bond donors (Lipinski definition) is 2. The third-order valence-electron chi connectivity index (χ3n) is 2.75. The smallest absolute Gasteiger partial charge is 0.418 e. The van der Waals surface area contributed by atoms with Gasteiger partial charge in [-0.3, -0.25) is 4.79 Å². The molecule has 2 N–H and O–H groups in total. The summed E-state index contributed by atoms with van der Waals surface area (Å²) >= 11 is 0. The summed E-state index contributed by atoms with van der Waals surface area (Å²) in [5, 5.41) is 11.4. The van der Waals surface area contributed by atoms with Gasteiger partial charge in [0.15, 0.2) is 0 Å². The number of halogens is 3. The number of alkyl halides is 3. The van der Waals surface area contributed by atoms with Crippen LogP contribution >= 0.6 is 0 Å². The highest BCUT2D eigenvalue weighted by atomic mass is 19.4. The first-order chi connectivity index (χ1) is 9.73. The third-order valence-corrected chi connectivity index (χ3v) is 2.75. The molecule has 1 aliphatic heterocycles. The number of carbonyl (C=O) groups excluding carboxylic acids is 2. The van der Waals surface area contributed by atoms with Gasteiger partial charge in [0.2, 0.25) is 0 Å². The number of hydrogen-bond acceptors (Lipinski definition) is 4. The van der Waals surface area contributed by atoms with Crippen molar-refractivity contribution in [2.75, 3.05) is 0 Å². The molecule has 1 amide bonds. The molecule has 0 fully saturated rings. The molecule has 1 aliphatic rings. The zero-order valence-corrected chi connectivity index (χ0v) is 10.4. The number of cyclic esters (lactones) is 1. The minimum absolute atomic E-state index is 0.232. The highest BCUT2D eigenvalue weighted by molar-refractivity contribution is 5.97. The molecule has 2 atom stereocenters. The average molecular weight is 301 g/mol. The Morgan fingerprint density at radius 3 is 2.43 bits per heavy atom. The Balaban J connectivity index is 2.12. The van der Waals surface area contributed by atoms with Crippen LogP contribution in [0, 0.1) is 0 Å². The number of carbonyl (C=O) groups is 2. The standard InChI is InChI=1S/C13H10F3NO4/c14-13(15,16)12(20)7-6-9(11(19)21-12)17-10(18)8-4-2-1-3-5-8/h1-7,9,20H,(H,17,18)/t9-,12+/m1/s1. The Labute approximate surface area is 117 Å². The van der Waals surface area contributed by atoms with Crippen LogP contribution in [0.15, 0.2) is 42.5 Å². The highest BCUT2D eigenvalue weighted by Gasteiger charge is 2.58. The van der Waals surface area contributed by atoms with E-state index in [1.54, 1.807) is 18.2 Å². The van der Waals surface area contributed by atoms with E-state index in [0.717, 1.165) is 6.08 Å². The van der Waals surface area contributed by atoms with Crippen molar-refractivity contribution in [3.8, 4) is 0 Å². The first-order valence-corrected chi connectivity index (χ1v) is 5.80. The number of amides is 1. The fourth-order valence-electron chi connectivity index (χ4n) is 1.63. The fraction of sp³-hybridized carbons (Fsp3) is 0.231. The van der Waals surface area contributed by atoms with Crippen LogP contribution in [0.5, 0.6) is 0 Å². The van der Waals surface area contributed by atoms with Crippen LogP contribution in [0.4, 0.5) is 13.2 Å². The molecule has 0 saturated carbocycles. The van der Waals surface area contributed by atoms with Gasteiger partial charge in [-0.25, -0.2) is 4.79 Å². The second kappa shape index (κ2) is 5.21. The molecule has 0 radical (unpaired) electrons. The van der Waals surface area contributed by atoms with Crippen LogP contribution in [0.2, 0.25) is 0 Å². The van der Waals surface area contributed by atoms with E-state index in [1.165, 1.54) is 12.1 Å². The summed E-state index contributed by atoms with van der Waals surface area (Å²) in [5.74, 6) is -5.72. The summed E-state index contributed by atoms with van der Waals surface area (Å²) < 4.78 is 41.4. The second-order valence-electron chi connectivity index (χ2n) is 4.29. The zero-order chi connectivity index (χ0) is 15.7. The van der Waals surface area contributed by atoms with Gasteiger partial charge in [0.25, 0.3) is 5.91 Å². The first-order valence-electron chi connectivity index (χ1n) is 5.80. The number of rotatable bonds is 2.